The quantitative estimate of drug-likeness (QED) is 0.610. The van der Waals surface area contributed by atoms with Crippen LogP contribution < -0.4 is 4.74 Å². The first-order valence-electron chi connectivity index (χ1n) is 3.81. The largest absolute Gasteiger partial charge is 0.504 e. The highest BCUT2D eigenvalue weighted by molar-refractivity contribution is 5.46. The van der Waals surface area contributed by atoms with Crippen LogP contribution in [0.15, 0.2) is 18.2 Å². The average Bonchev–Trinajstić information content (AvgIpc) is 2.17. The molecule has 0 radical (unpaired) electrons. The molecule has 1 aliphatic rings. The van der Waals surface area contributed by atoms with Gasteiger partial charge in [0.1, 0.15) is 0 Å². The van der Waals surface area contributed by atoms with E-state index in [1.807, 2.05) is 12.1 Å². The number of hydrogen-bond acceptors (Lipinski definition) is 2. The van der Waals surface area contributed by atoms with E-state index >= 15 is 0 Å². The van der Waals surface area contributed by atoms with E-state index in [9.17, 15) is 5.11 Å². The van der Waals surface area contributed by atoms with E-state index in [4.69, 9.17) is 4.74 Å². The van der Waals surface area contributed by atoms with Crippen molar-refractivity contribution in [2.45, 2.75) is 12.8 Å². The Balaban J connectivity index is 2.52. The number of hydrogen-bond donors (Lipinski definition) is 1. The summed E-state index contributed by atoms with van der Waals surface area (Å²) in [5, 5.41) is 9.50. The number of fused-ring (bicyclic) bond motifs is 2. The molecule has 2 bridgehead atoms. The molecule has 0 fully saturated rings. The van der Waals surface area contributed by atoms with Crippen molar-refractivity contribution in [3.05, 3.63) is 23.8 Å². The minimum atomic E-state index is 0.324. The molecule has 2 heteroatoms. The molecule has 0 saturated heterocycles. The molecule has 1 aromatic rings. The standard InChI is InChI=1S/C9H10O2/c10-9-7-3-1-5-8(9)11-6-2-4-7/h1,3,5,10H,2,4,6H2. The second kappa shape index (κ2) is 2.46. The zero-order valence-corrected chi connectivity index (χ0v) is 6.21. The number of aromatic hydroxyl groups is 1. The molecule has 1 aliphatic heterocycles. The van der Waals surface area contributed by atoms with Gasteiger partial charge in [0.05, 0.1) is 6.61 Å². The molecule has 11 heavy (non-hydrogen) atoms. The maximum Gasteiger partial charge on any atom is 0.161 e. The second-order valence-corrected chi connectivity index (χ2v) is 2.72. The molecule has 58 valence electrons. The van der Waals surface area contributed by atoms with Crippen molar-refractivity contribution in [2.24, 2.45) is 0 Å². The van der Waals surface area contributed by atoms with Crippen molar-refractivity contribution in [1.82, 2.24) is 0 Å². The zero-order valence-electron chi connectivity index (χ0n) is 6.21. The van der Waals surface area contributed by atoms with Crippen LogP contribution in [0.1, 0.15) is 12.0 Å². The summed E-state index contributed by atoms with van der Waals surface area (Å²) in [7, 11) is 0. The Labute approximate surface area is 65.4 Å². The van der Waals surface area contributed by atoms with Crippen LogP contribution in [0.5, 0.6) is 11.5 Å². The third kappa shape index (κ3) is 1.04. The van der Waals surface area contributed by atoms with Crippen LogP contribution in [0.2, 0.25) is 0 Å². The van der Waals surface area contributed by atoms with Crippen LogP contribution in [-0.2, 0) is 6.42 Å². The van der Waals surface area contributed by atoms with Crippen LogP contribution in [0.25, 0.3) is 0 Å². The Morgan fingerprint density at radius 1 is 1.36 bits per heavy atom. The topological polar surface area (TPSA) is 29.5 Å². The molecule has 2 rings (SSSR count). The van der Waals surface area contributed by atoms with E-state index < -0.39 is 0 Å². The molecule has 1 N–H and O–H groups in total. The highest BCUT2D eigenvalue weighted by atomic mass is 16.5. The molecular formula is C9H10O2. The van der Waals surface area contributed by atoms with Gasteiger partial charge in [0.2, 0.25) is 0 Å². The van der Waals surface area contributed by atoms with Gasteiger partial charge < -0.3 is 9.84 Å². The Kier molecular flexibility index (Phi) is 1.46. The number of rotatable bonds is 0. The van der Waals surface area contributed by atoms with Crippen molar-refractivity contribution >= 4 is 0 Å². The summed E-state index contributed by atoms with van der Waals surface area (Å²) >= 11 is 0. The first kappa shape index (κ1) is 6.53. The van der Waals surface area contributed by atoms with Gasteiger partial charge in [0.15, 0.2) is 11.5 Å². The summed E-state index contributed by atoms with van der Waals surface area (Å²) in [5.41, 5.74) is 1.00. The van der Waals surface area contributed by atoms with Gasteiger partial charge in [0, 0.05) is 0 Å². The molecule has 0 saturated carbocycles. The van der Waals surface area contributed by atoms with Crippen molar-refractivity contribution in [3.63, 3.8) is 0 Å². The van der Waals surface area contributed by atoms with Crippen LogP contribution in [0.3, 0.4) is 0 Å². The molecule has 0 unspecified atom stereocenters. The third-order valence-corrected chi connectivity index (χ3v) is 1.93. The van der Waals surface area contributed by atoms with E-state index in [0.717, 1.165) is 18.4 Å². The van der Waals surface area contributed by atoms with Gasteiger partial charge in [-0.15, -0.1) is 0 Å². The monoisotopic (exact) mass is 150 g/mol. The van der Waals surface area contributed by atoms with Crippen LogP contribution >= 0.6 is 0 Å². The first-order valence-corrected chi connectivity index (χ1v) is 3.81. The maximum atomic E-state index is 9.50. The number of phenols is 1. The predicted octanol–water partition coefficient (Wildman–Crippen LogP) is 1.72. The summed E-state index contributed by atoms with van der Waals surface area (Å²) in [4.78, 5) is 0. The molecule has 1 aromatic carbocycles. The average molecular weight is 150 g/mol. The van der Waals surface area contributed by atoms with Gasteiger partial charge in [-0.3, -0.25) is 0 Å². The lowest BCUT2D eigenvalue weighted by Crippen LogP contribution is -1.93. The van der Waals surface area contributed by atoms with Gasteiger partial charge >= 0.3 is 0 Å². The molecule has 0 aliphatic carbocycles. The summed E-state index contributed by atoms with van der Waals surface area (Å²) in [6.07, 6.45) is 1.90. The molecule has 0 spiro atoms. The lowest BCUT2D eigenvalue weighted by Gasteiger charge is -2.03. The summed E-state index contributed by atoms with van der Waals surface area (Å²) in [6.45, 7) is 0.709. The number of ether oxygens (including phenoxy) is 1. The van der Waals surface area contributed by atoms with E-state index in [1.165, 1.54) is 0 Å². The van der Waals surface area contributed by atoms with Gasteiger partial charge in [-0.2, -0.15) is 0 Å². The third-order valence-electron chi connectivity index (χ3n) is 1.93. The zero-order chi connectivity index (χ0) is 7.68. The number of aryl methyl sites for hydroxylation is 1. The Hall–Kier alpha value is -1.18. The molecule has 0 aromatic heterocycles. The molecule has 2 nitrogen and oxygen atoms in total. The lowest BCUT2D eigenvalue weighted by molar-refractivity contribution is 0.304. The normalized spacial score (nSPS) is 15.3. The van der Waals surface area contributed by atoms with Crippen molar-refractivity contribution in [2.75, 3.05) is 6.61 Å². The van der Waals surface area contributed by atoms with Gasteiger partial charge in [-0.25, -0.2) is 0 Å². The van der Waals surface area contributed by atoms with E-state index in [1.54, 1.807) is 6.07 Å². The van der Waals surface area contributed by atoms with E-state index in [0.29, 0.717) is 18.1 Å². The summed E-state index contributed by atoms with van der Waals surface area (Å²) < 4.78 is 5.29. The Morgan fingerprint density at radius 3 is 3.18 bits per heavy atom. The first-order chi connectivity index (χ1) is 5.38. The smallest absolute Gasteiger partial charge is 0.161 e. The van der Waals surface area contributed by atoms with Crippen molar-refractivity contribution in [3.8, 4) is 11.5 Å². The van der Waals surface area contributed by atoms with Crippen molar-refractivity contribution in [1.29, 1.82) is 0 Å². The summed E-state index contributed by atoms with van der Waals surface area (Å²) in [6, 6.07) is 5.65. The maximum absolute atomic E-state index is 9.50. The minimum absolute atomic E-state index is 0.324. The van der Waals surface area contributed by atoms with Crippen LogP contribution in [-0.4, -0.2) is 11.7 Å². The molecule has 0 amide bonds. The number of benzene rings is 1. The summed E-state index contributed by atoms with van der Waals surface area (Å²) in [5.74, 6) is 0.949. The Morgan fingerprint density at radius 2 is 2.27 bits per heavy atom. The van der Waals surface area contributed by atoms with Crippen molar-refractivity contribution < 1.29 is 9.84 Å². The molecule has 0 atom stereocenters. The van der Waals surface area contributed by atoms with Gasteiger partial charge in [-0.05, 0) is 24.5 Å². The molecule has 1 heterocycles. The highest BCUT2D eigenvalue weighted by Crippen LogP contribution is 2.32. The van der Waals surface area contributed by atoms with Crippen LogP contribution in [0, 0.1) is 0 Å². The predicted molar refractivity (Wildman–Crippen MR) is 41.9 cm³/mol. The number of phenolic OH excluding ortho intramolecular Hbond substituents is 1. The number of para-hydroxylation sites is 1. The molecular weight excluding hydrogens is 140 g/mol. The van der Waals surface area contributed by atoms with Crippen LogP contribution in [0.4, 0.5) is 0 Å². The lowest BCUT2D eigenvalue weighted by atomic mass is 10.1. The van der Waals surface area contributed by atoms with Gasteiger partial charge in [-0.1, -0.05) is 12.1 Å². The fourth-order valence-electron chi connectivity index (χ4n) is 1.33. The SMILES string of the molecule is Oc1c2cccc1OCCC2. The second-order valence-electron chi connectivity index (χ2n) is 2.72. The van der Waals surface area contributed by atoms with E-state index in [2.05, 4.69) is 0 Å². The fourth-order valence-corrected chi connectivity index (χ4v) is 1.33. The Bertz CT molecular complexity index is 244. The highest BCUT2D eigenvalue weighted by Gasteiger charge is 2.11. The fraction of sp³-hybridized carbons (Fsp3) is 0.333. The van der Waals surface area contributed by atoms with E-state index in [-0.39, 0.29) is 0 Å². The van der Waals surface area contributed by atoms with Gasteiger partial charge in [0.25, 0.3) is 0 Å². The minimum Gasteiger partial charge on any atom is -0.504 e.